The van der Waals surface area contributed by atoms with Crippen LogP contribution >= 0.6 is 0 Å². The fraction of sp³-hybridized carbons (Fsp3) is 0.909. The van der Waals surface area contributed by atoms with Crippen molar-refractivity contribution in [2.45, 2.75) is 50.6 Å². The van der Waals surface area contributed by atoms with Gasteiger partial charge in [0.1, 0.15) is 12.9 Å². The van der Waals surface area contributed by atoms with Crippen LogP contribution < -0.4 is 0 Å². The van der Waals surface area contributed by atoms with Gasteiger partial charge in [-0.15, -0.1) is 0 Å². The average Bonchev–Trinajstić information content (AvgIpc) is 2.56. The van der Waals surface area contributed by atoms with Crippen molar-refractivity contribution in [3.63, 3.8) is 0 Å². The minimum Gasteiger partial charge on any atom is -0.398 e. The minimum absolute atomic E-state index is 0.149. The summed E-state index contributed by atoms with van der Waals surface area (Å²) in [5.41, 5.74) is -0.747. The molecule has 0 spiro atoms. The maximum atomic E-state index is 9.38. The molecule has 0 radical (unpaired) electrons. The highest BCUT2D eigenvalue weighted by Crippen LogP contribution is 2.37. The van der Waals surface area contributed by atoms with Gasteiger partial charge in [0.15, 0.2) is 13.9 Å². The number of hydrogen-bond donors (Lipinski definition) is 0. The van der Waals surface area contributed by atoms with Crippen molar-refractivity contribution < 1.29 is 13.9 Å². The summed E-state index contributed by atoms with van der Waals surface area (Å²) in [6.07, 6.45) is 2.47. The van der Waals surface area contributed by atoms with Crippen LogP contribution in [0.5, 0.6) is 0 Å². The summed E-state index contributed by atoms with van der Waals surface area (Å²) in [5.74, 6) is 0. The van der Waals surface area contributed by atoms with Crippen LogP contribution in [0.25, 0.3) is 0 Å². The van der Waals surface area contributed by atoms with Crippen LogP contribution in [0.3, 0.4) is 0 Å². The molecular formula is C11H21NO3Si. The van der Waals surface area contributed by atoms with E-state index in [0.717, 1.165) is 19.3 Å². The highest BCUT2D eigenvalue weighted by atomic mass is 28.4. The van der Waals surface area contributed by atoms with Crippen LogP contribution in [0.15, 0.2) is 0 Å². The first-order chi connectivity index (χ1) is 7.43. The first kappa shape index (κ1) is 13.7. The lowest BCUT2D eigenvalue weighted by Crippen LogP contribution is -2.48. The monoisotopic (exact) mass is 243 g/mol. The second kappa shape index (κ2) is 5.28. The molecule has 0 bridgehead atoms. The molecule has 0 aliphatic heterocycles. The number of methoxy groups -OCH3 is 1. The van der Waals surface area contributed by atoms with Gasteiger partial charge in [-0.2, -0.15) is 5.26 Å². The molecule has 2 unspecified atom stereocenters. The number of hydrogen-bond acceptors (Lipinski definition) is 4. The maximum Gasteiger partial charge on any atom is 0.186 e. The number of nitrogens with zero attached hydrogens (tertiary/aromatic N) is 1. The predicted molar refractivity (Wildman–Crippen MR) is 63.4 cm³/mol. The van der Waals surface area contributed by atoms with Crippen molar-refractivity contribution in [1.82, 2.24) is 0 Å². The summed E-state index contributed by atoms with van der Waals surface area (Å²) in [6, 6.07) is 2.32. The van der Waals surface area contributed by atoms with Crippen LogP contribution in [-0.2, 0) is 13.9 Å². The van der Waals surface area contributed by atoms with Crippen LogP contribution in [0.2, 0.25) is 19.6 Å². The van der Waals surface area contributed by atoms with E-state index in [1.54, 1.807) is 7.11 Å². The summed E-state index contributed by atoms with van der Waals surface area (Å²) >= 11 is 0. The SMILES string of the molecule is COCOC1CCCC1(C#N)O[Si](C)(C)C. The summed E-state index contributed by atoms with van der Waals surface area (Å²) in [5, 5.41) is 9.38. The molecule has 1 aliphatic rings. The van der Waals surface area contributed by atoms with Crippen molar-refractivity contribution in [3.05, 3.63) is 0 Å². The van der Waals surface area contributed by atoms with Crippen LogP contribution in [0.4, 0.5) is 0 Å². The van der Waals surface area contributed by atoms with E-state index in [0.29, 0.717) is 0 Å². The fourth-order valence-electron chi connectivity index (χ4n) is 2.13. The highest BCUT2D eigenvalue weighted by molar-refractivity contribution is 6.69. The van der Waals surface area contributed by atoms with Gasteiger partial charge in [-0.25, -0.2) is 0 Å². The van der Waals surface area contributed by atoms with Crippen molar-refractivity contribution in [1.29, 1.82) is 5.26 Å². The number of ether oxygens (including phenoxy) is 2. The standard InChI is InChI=1S/C11H21NO3Si/c1-13-9-14-10-6-5-7-11(10,8-12)15-16(2,3)4/h10H,5-7,9H2,1-4H3. The molecule has 1 fully saturated rings. The Morgan fingerprint density at radius 2 is 2.12 bits per heavy atom. The van der Waals surface area contributed by atoms with Crippen LogP contribution in [0.1, 0.15) is 19.3 Å². The summed E-state index contributed by atoms with van der Waals surface area (Å²) in [4.78, 5) is 0. The Labute approximate surface area is 98.6 Å². The molecule has 0 aromatic carbocycles. The molecule has 0 heterocycles. The van der Waals surface area contributed by atoms with Gasteiger partial charge in [0, 0.05) is 7.11 Å². The van der Waals surface area contributed by atoms with E-state index in [9.17, 15) is 5.26 Å². The average molecular weight is 243 g/mol. The van der Waals surface area contributed by atoms with Gasteiger partial charge in [-0.3, -0.25) is 0 Å². The zero-order valence-electron chi connectivity index (χ0n) is 10.6. The molecule has 5 heteroatoms. The summed E-state index contributed by atoms with van der Waals surface area (Å²) in [7, 11) is -0.154. The molecule has 0 amide bonds. The van der Waals surface area contributed by atoms with Crippen molar-refractivity contribution in [2.24, 2.45) is 0 Å². The molecule has 0 N–H and O–H groups in total. The van der Waals surface area contributed by atoms with Gasteiger partial charge < -0.3 is 13.9 Å². The Morgan fingerprint density at radius 1 is 1.44 bits per heavy atom. The first-order valence-electron chi connectivity index (χ1n) is 5.65. The van der Waals surface area contributed by atoms with Gasteiger partial charge in [-0.1, -0.05) is 0 Å². The number of rotatable bonds is 5. The largest absolute Gasteiger partial charge is 0.398 e. The Kier molecular flexibility index (Phi) is 4.50. The summed E-state index contributed by atoms with van der Waals surface area (Å²) in [6.45, 7) is 6.51. The van der Waals surface area contributed by atoms with E-state index in [1.165, 1.54) is 0 Å². The molecule has 0 saturated heterocycles. The van der Waals surface area contributed by atoms with E-state index >= 15 is 0 Å². The Balaban J connectivity index is 2.73. The Bertz CT molecular complexity index is 271. The van der Waals surface area contributed by atoms with Crippen molar-refractivity contribution >= 4 is 8.32 Å². The zero-order chi connectivity index (χ0) is 12.2. The zero-order valence-corrected chi connectivity index (χ0v) is 11.6. The van der Waals surface area contributed by atoms with E-state index < -0.39 is 13.9 Å². The molecule has 0 aromatic rings. The first-order valence-corrected chi connectivity index (χ1v) is 9.06. The lowest BCUT2D eigenvalue weighted by atomic mass is 10.0. The lowest BCUT2D eigenvalue weighted by molar-refractivity contribution is -0.116. The van der Waals surface area contributed by atoms with Crippen LogP contribution in [-0.4, -0.2) is 33.9 Å². The molecule has 2 atom stereocenters. The third kappa shape index (κ3) is 3.29. The number of nitriles is 1. The van der Waals surface area contributed by atoms with Gasteiger partial charge in [0.25, 0.3) is 0 Å². The third-order valence-electron chi connectivity index (χ3n) is 2.60. The van der Waals surface area contributed by atoms with E-state index in [1.807, 2.05) is 0 Å². The topological polar surface area (TPSA) is 51.5 Å². The van der Waals surface area contributed by atoms with E-state index in [4.69, 9.17) is 13.9 Å². The van der Waals surface area contributed by atoms with E-state index in [-0.39, 0.29) is 12.9 Å². The normalized spacial score (nSPS) is 30.3. The second-order valence-corrected chi connectivity index (χ2v) is 9.60. The van der Waals surface area contributed by atoms with Gasteiger partial charge in [0.05, 0.1) is 6.07 Å². The maximum absolute atomic E-state index is 9.38. The Hall–Kier alpha value is -0.413. The molecule has 1 saturated carbocycles. The van der Waals surface area contributed by atoms with Gasteiger partial charge in [-0.05, 0) is 38.9 Å². The predicted octanol–water partition coefficient (Wildman–Crippen LogP) is 2.27. The quantitative estimate of drug-likeness (QED) is 0.549. The molecular weight excluding hydrogens is 222 g/mol. The van der Waals surface area contributed by atoms with Gasteiger partial charge >= 0.3 is 0 Å². The Morgan fingerprint density at radius 3 is 2.62 bits per heavy atom. The van der Waals surface area contributed by atoms with Crippen LogP contribution in [0, 0.1) is 11.3 Å². The molecule has 92 valence electrons. The smallest absolute Gasteiger partial charge is 0.186 e. The lowest BCUT2D eigenvalue weighted by Gasteiger charge is -2.34. The second-order valence-electron chi connectivity index (χ2n) is 5.17. The fourth-order valence-corrected chi connectivity index (χ4v) is 3.50. The molecule has 4 nitrogen and oxygen atoms in total. The molecule has 16 heavy (non-hydrogen) atoms. The van der Waals surface area contributed by atoms with Gasteiger partial charge in [0.2, 0.25) is 0 Å². The molecule has 1 rings (SSSR count). The third-order valence-corrected chi connectivity index (χ3v) is 3.58. The van der Waals surface area contributed by atoms with Crippen molar-refractivity contribution in [3.8, 4) is 6.07 Å². The van der Waals surface area contributed by atoms with Crippen molar-refractivity contribution in [2.75, 3.05) is 13.9 Å². The molecule has 1 aliphatic carbocycles. The summed E-state index contributed by atoms with van der Waals surface area (Å²) < 4.78 is 16.5. The van der Waals surface area contributed by atoms with E-state index in [2.05, 4.69) is 25.7 Å². The minimum atomic E-state index is -1.74. The molecule has 0 aromatic heterocycles. The highest BCUT2D eigenvalue weighted by Gasteiger charge is 2.47.